The number of aromatic amines is 1. The molecule has 0 saturated heterocycles. The van der Waals surface area contributed by atoms with E-state index < -0.39 is 0 Å². The SMILES string of the molecule is Clc1cc(Cl)c2oc3cc(-c4nc(-c5ccccc5)nc(-c5ccccc5)[nH+]4)ccc3c2c1. The minimum atomic E-state index is 0.488. The van der Waals surface area contributed by atoms with Gasteiger partial charge in [0.05, 0.1) is 21.7 Å². The summed E-state index contributed by atoms with van der Waals surface area (Å²) in [5.41, 5.74) is 4.12. The van der Waals surface area contributed by atoms with Crippen molar-refractivity contribution in [2.75, 3.05) is 0 Å². The smallest absolute Gasteiger partial charge is 0.308 e. The van der Waals surface area contributed by atoms with E-state index in [0.29, 0.717) is 32.9 Å². The van der Waals surface area contributed by atoms with Gasteiger partial charge in [-0.25, -0.2) is 4.98 Å². The molecule has 0 amide bonds. The second-order valence-corrected chi connectivity index (χ2v) is 8.52. The van der Waals surface area contributed by atoms with Crippen molar-refractivity contribution < 1.29 is 9.40 Å². The van der Waals surface area contributed by atoms with E-state index in [-0.39, 0.29) is 0 Å². The Balaban J connectivity index is 1.56. The molecule has 0 aliphatic heterocycles. The first kappa shape index (κ1) is 19.9. The predicted octanol–water partition coefficient (Wildman–Crippen LogP) is 7.50. The second-order valence-electron chi connectivity index (χ2n) is 7.68. The van der Waals surface area contributed by atoms with Crippen molar-refractivity contribution in [3.63, 3.8) is 0 Å². The van der Waals surface area contributed by atoms with E-state index in [2.05, 4.69) is 4.98 Å². The van der Waals surface area contributed by atoms with E-state index in [9.17, 15) is 0 Å². The van der Waals surface area contributed by atoms with Crippen LogP contribution in [0.2, 0.25) is 10.0 Å². The fourth-order valence-corrected chi connectivity index (χ4v) is 4.47. The summed E-state index contributed by atoms with van der Waals surface area (Å²) >= 11 is 12.6. The molecule has 33 heavy (non-hydrogen) atoms. The van der Waals surface area contributed by atoms with Crippen LogP contribution in [0.4, 0.5) is 0 Å². The molecule has 0 radical (unpaired) electrons. The number of aromatic nitrogens is 3. The van der Waals surface area contributed by atoms with Crippen molar-refractivity contribution in [3.8, 4) is 34.2 Å². The molecule has 0 saturated carbocycles. The van der Waals surface area contributed by atoms with E-state index in [1.165, 1.54) is 0 Å². The maximum absolute atomic E-state index is 6.36. The molecule has 158 valence electrons. The summed E-state index contributed by atoms with van der Waals surface area (Å²) in [6, 6.07) is 29.5. The molecule has 2 heterocycles. The number of nitrogens with one attached hydrogen (secondary N) is 1. The molecule has 4 aromatic carbocycles. The number of benzene rings is 4. The van der Waals surface area contributed by atoms with Gasteiger partial charge in [0.2, 0.25) is 0 Å². The lowest BCUT2D eigenvalue weighted by molar-refractivity contribution is -0.359. The molecular formula is C27H16Cl2N3O+. The summed E-state index contributed by atoms with van der Waals surface area (Å²) in [6.45, 7) is 0. The predicted molar refractivity (Wildman–Crippen MR) is 132 cm³/mol. The summed E-state index contributed by atoms with van der Waals surface area (Å²) in [5, 5.41) is 2.89. The Morgan fingerprint density at radius 2 is 1.30 bits per heavy atom. The monoisotopic (exact) mass is 468 g/mol. The van der Waals surface area contributed by atoms with Crippen LogP contribution in [0.15, 0.2) is 95.4 Å². The average molecular weight is 469 g/mol. The normalized spacial score (nSPS) is 11.3. The summed E-state index contributed by atoms with van der Waals surface area (Å²) in [5.74, 6) is 2.07. The molecule has 1 N–H and O–H groups in total. The Kier molecular flexibility index (Phi) is 4.83. The zero-order valence-electron chi connectivity index (χ0n) is 17.2. The minimum absolute atomic E-state index is 0.488. The van der Waals surface area contributed by atoms with Crippen LogP contribution >= 0.6 is 23.2 Å². The third-order valence-corrected chi connectivity index (χ3v) is 6.02. The van der Waals surface area contributed by atoms with Gasteiger partial charge in [-0.05, 0) is 54.6 Å². The third kappa shape index (κ3) is 3.63. The van der Waals surface area contributed by atoms with Crippen LogP contribution in [0, 0.1) is 0 Å². The number of H-pyrrole nitrogens is 1. The molecule has 0 bridgehead atoms. The van der Waals surface area contributed by atoms with E-state index in [1.54, 1.807) is 6.07 Å². The van der Waals surface area contributed by atoms with E-state index in [1.807, 2.05) is 84.9 Å². The van der Waals surface area contributed by atoms with Crippen LogP contribution in [0.5, 0.6) is 0 Å². The van der Waals surface area contributed by atoms with Crippen molar-refractivity contribution in [1.29, 1.82) is 0 Å². The average Bonchev–Trinajstić information content (AvgIpc) is 3.23. The molecular weight excluding hydrogens is 453 g/mol. The van der Waals surface area contributed by atoms with Gasteiger partial charge in [-0.1, -0.05) is 69.6 Å². The lowest BCUT2D eigenvalue weighted by Gasteiger charge is -2.02. The van der Waals surface area contributed by atoms with Crippen LogP contribution in [-0.4, -0.2) is 9.97 Å². The highest BCUT2D eigenvalue weighted by atomic mass is 35.5. The van der Waals surface area contributed by atoms with Gasteiger partial charge < -0.3 is 4.42 Å². The number of furan rings is 1. The number of fused-ring (bicyclic) bond motifs is 3. The Morgan fingerprint density at radius 1 is 0.636 bits per heavy atom. The molecule has 6 heteroatoms. The number of hydrogen-bond donors (Lipinski definition) is 0. The molecule has 0 unspecified atom stereocenters. The summed E-state index contributed by atoms with van der Waals surface area (Å²) in [6.07, 6.45) is 0. The Labute approximate surface area is 199 Å². The molecule has 6 rings (SSSR count). The lowest BCUT2D eigenvalue weighted by atomic mass is 10.1. The van der Waals surface area contributed by atoms with Crippen molar-refractivity contribution in [1.82, 2.24) is 9.97 Å². The highest BCUT2D eigenvalue weighted by Crippen LogP contribution is 2.37. The zero-order valence-corrected chi connectivity index (χ0v) is 18.7. The Morgan fingerprint density at radius 3 is 2.03 bits per heavy atom. The van der Waals surface area contributed by atoms with Crippen LogP contribution in [-0.2, 0) is 0 Å². The second kappa shape index (κ2) is 8.00. The molecule has 0 fully saturated rings. The third-order valence-electron chi connectivity index (χ3n) is 5.52. The summed E-state index contributed by atoms with van der Waals surface area (Å²) < 4.78 is 6.08. The van der Waals surface area contributed by atoms with Gasteiger partial charge in [-0.2, -0.15) is 0 Å². The van der Waals surface area contributed by atoms with Crippen LogP contribution in [0.25, 0.3) is 56.1 Å². The standard InChI is InChI=1S/C27H15Cl2N3O/c28-19-14-21-20-12-11-18(13-23(20)33-24(21)22(29)15-19)27-31-25(16-7-3-1-4-8-16)30-26(32-27)17-9-5-2-6-10-17/h1-15H/p+1. The van der Waals surface area contributed by atoms with Crippen LogP contribution < -0.4 is 4.98 Å². The van der Waals surface area contributed by atoms with Crippen molar-refractivity contribution in [2.24, 2.45) is 0 Å². The van der Waals surface area contributed by atoms with Gasteiger partial charge in [-0.3, -0.25) is 0 Å². The molecule has 0 spiro atoms. The van der Waals surface area contributed by atoms with Gasteiger partial charge in [0.1, 0.15) is 5.58 Å². The minimum Gasteiger partial charge on any atom is -0.454 e. The quantitative estimate of drug-likeness (QED) is 0.270. The van der Waals surface area contributed by atoms with Gasteiger partial charge in [0.25, 0.3) is 11.6 Å². The van der Waals surface area contributed by atoms with E-state index in [4.69, 9.17) is 37.6 Å². The first-order chi connectivity index (χ1) is 16.2. The lowest BCUT2D eigenvalue weighted by Crippen LogP contribution is -2.16. The van der Waals surface area contributed by atoms with Gasteiger partial charge in [0, 0.05) is 15.8 Å². The van der Waals surface area contributed by atoms with E-state index in [0.717, 1.165) is 33.3 Å². The fraction of sp³-hybridized carbons (Fsp3) is 0. The molecule has 0 aliphatic rings. The Hall–Kier alpha value is -3.73. The topological polar surface area (TPSA) is 53.1 Å². The highest BCUT2D eigenvalue weighted by Gasteiger charge is 2.21. The first-order valence-electron chi connectivity index (χ1n) is 10.4. The van der Waals surface area contributed by atoms with E-state index >= 15 is 0 Å². The van der Waals surface area contributed by atoms with Crippen LogP contribution in [0.3, 0.4) is 0 Å². The number of halogens is 2. The summed E-state index contributed by atoms with van der Waals surface area (Å²) in [4.78, 5) is 13.0. The Bertz CT molecular complexity index is 1570. The van der Waals surface area contributed by atoms with Crippen LogP contribution in [0.1, 0.15) is 0 Å². The van der Waals surface area contributed by atoms with Gasteiger partial charge in [-0.15, -0.1) is 0 Å². The van der Waals surface area contributed by atoms with Gasteiger partial charge in [0.15, 0.2) is 5.58 Å². The maximum Gasteiger partial charge on any atom is 0.308 e. The zero-order chi connectivity index (χ0) is 22.4. The number of hydrogen-bond acceptors (Lipinski definition) is 3. The number of nitrogens with zero attached hydrogens (tertiary/aromatic N) is 2. The molecule has 6 aromatic rings. The number of rotatable bonds is 3. The van der Waals surface area contributed by atoms with Crippen molar-refractivity contribution in [2.45, 2.75) is 0 Å². The largest absolute Gasteiger partial charge is 0.454 e. The fourth-order valence-electron chi connectivity index (χ4n) is 3.94. The van der Waals surface area contributed by atoms with Crippen molar-refractivity contribution in [3.05, 3.63) is 101 Å². The molecule has 2 aromatic heterocycles. The van der Waals surface area contributed by atoms with Crippen molar-refractivity contribution >= 4 is 45.1 Å². The molecule has 4 nitrogen and oxygen atoms in total. The molecule has 0 aliphatic carbocycles. The highest BCUT2D eigenvalue weighted by molar-refractivity contribution is 6.39. The summed E-state index contributed by atoms with van der Waals surface area (Å²) in [7, 11) is 0. The van der Waals surface area contributed by atoms with Gasteiger partial charge >= 0.3 is 5.82 Å². The maximum atomic E-state index is 6.36. The first-order valence-corrected chi connectivity index (χ1v) is 11.2. The molecule has 0 atom stereocenters.